The molecule has 0 aromatic rings. The number of amides is 1. The van der Waals surface area contributed by atoms with Crippen molar-refractivity contribution >= 4 is 5.91 Å². The fourth-order valence-electron chi connectivity index (χ4n) is 1.23. The summed E-state index contributed by atoms with van der Waals surface area (Å²) in [6.07, 6.45) is 3.87. The first-order valence-corrected chi connectivity index (χ1v) is 5.35. The van der Waals surface area contributed by atoms with E-state index in [1.54, 1.807) is 0 Å². The van der Waals surface area contributed by atoms with Gasteiger partial charge in [-0.05, 0) is 32.1 Å². The molecule has 1 unspecified atom stereocenters. The van der Waals surface area contributed by atoms with Crippen molar-refractivity contribution in [2.75, 3.05) is 0 Å². The van der Waals surface area contributed by atoms with E-state index in [4.69, 9.17) is 0 Å². The molecule has 0 saturated heterocycles. The van der Waals surface area contributed by atoms with Gasteiger partial charge in [0.25, 0.3) is 0 Å². The van der Waals surface area contributed by atoms with Gasteiger partial charge in [-0.15, -0.1) is 0 Å². The van der Waals surface area contributed by atoms with E-state index in [1.165, 1.54) is 6.42 Å². The van der Waals surface area contributed by atoms with Crippen LogP contribution in [-0.2, 0) is 4.79 Å². The highest BCUT2D eigenvalue weighted by Crippen LogP contribution is 2.06. The van der Waals surface area contributed by atoms with Crippen molar-refractivity contribution in [3.05, 3.63) is 0 Å². The Morgan fingerprint density at radius 1 is 1.23 bits per heavy atom. The topological polar surface area (TPSA) is 29.1 Å². The molecule has 0 spiro atoms. The van der Waals surface area contributed by atoms with Gasteiger partial charge in [0.2, 0.25) is 5.91 Å². The summed E-state index contributed by atoms with van der Waals surface area (Å²) in [5, 5.41) is 3.00. The number of nitrogens with one attached hydrogen (secondary N) is 1. The lowest BCUT2D eigenvalue weighted by Gasteiger charge is -2.14. The quantitative estimate of drug-likeness (QED) is 0.677. The van der Waals surface area contributed by atoms with Crippen molar-refractivity contribution in [2.24, 2.45) is 5.92 Å². The fourth-order valence-corrected chi connectivity index (χ4v) is 1.23. The van der Waals surface area contributed by atoms with Crippen LogP contribution in [0, 0.1) is 5.92 Å². The molecule has 1 N–H and O–H groups in total. The van der Waals surface area contributed by atoms with Gasteiger partial charge in [0, 0.05) is 12.5 Å². The molecule has 0 aliphatic rings. The van der Waals surface area contributed by atoms with Gasteiger partial charge < -0.3 is 5.32 Å². The van der Waals surface area contributed by atoms with Gasteiger partial charge in [-0.25, -0.2) is 0 Å². The van der Waals surface area contributed by atoms with Crippen molar-refractivity contribution in [3.8, 4) is 0 Å². The van der Waals surface area contributed by atoms with Gasteiger partial charge in [-0.3, -0.25) is 4.79 Å². The third-order valence-electron chi connectivity index (χ3n) is 2.06. The highest BCUT2D eigenvalue weighted by Gasteiger charge is 2.06. The lowest BCUT2D eigenvalue weighted by atomic mass is 10.0. The van der Waals surface area contributed by atoms with E-state index in [1.807, 2.05) is 6.92 Å². The molecule has 0 aromatic carbocycles. The van der Waals surface area contributed by atoms with Crippen LogP contribution < -0.4 is 5.32 Å². The zero-order valence-electron chi connectivity index (χ0n) is 9.39. The SMILES string of the molecule is CCCC(=O)NC(C)CCC(C)C. The average molecular weight is 185 g/mol. The predicted molar refractivity (Wildman–Crippen MR) is 56.6 cm³/mol. The molecular weight excluding hydrogens is 162 g/mol. The summed E-state index contributed by atoms with van der Waals surface area (Å²) >= 11 is 0. The van der Waals surface area contributed by atoms with E-state index in [9.17, 15) is 4.79 Å². The van der Waals surface area contributed by atoms with Crippen molar-refractivity contribution in [2.45, 2.75) is 59.4 Å². The Hall–Kier alpha value is -0.530. The molecule has 1 atom stereocenters. The second-order valence-electron chi connectivity index (χ2n) is 4.19. The number of hydrogen-bond acceptors (Lipinski definition) is 1. The van der Waals surface area contributed by atoms with Crippen molar-refractivity contribution in [1.82, 2.24) is 5.32 Å². The predicted octanol–water partition coefficient (Wildman–Crippen LogP) is 2.73. The maximum Gasteiger partial charge on any atom is 0.220 e. The summed E-state index contributed by atoms with van der Waals surface area (Å²) in [5.74, 6) is 0.921. The Bertz CT molecular complexity index is 143. The number of carbonyl (C=O) groups excluding carboxylic acids is 1. The van der Waals surface area contributed by atoms with Gasteiger partial charge in [-0.1, -0.05) is 20.8 Å². The minimum Gasteiger partial charge on any atom is -0.354 e. The summed E-state index contributed by atoms with van der Waals surface area (Å²) < 4.78 is 0. The van der Waals surface area contributed by atoms with Crippen LogP contribution in [0.15, 0.2) is 0 Å². The molecule has 2 heteroatoms. The van der Waals surface area contributed by atoms with Crippen molar-refractivity contribution < 1.29 is 4.79 Å². The molecule has 0 aliphatic heterocycles. The number of carbonyl (C=O) groups is 1. The van der Waals surface area contributed by atoms with Crippen molar-refractivity contribution in [1.29, 1.82) is 0 Å². The Kier molecular flexibility index (Phi) is 6.65. The minimum absolute atomic E-state index is 0.193. The molecule has 0 aliphatic carbocycles. The van der Waals surface area contributed by atoms with Crippen LogP contribution >= 0.6 is 0 Å². The van der Waals surface area contributed by atoms with Crippen LogP contribution in [0.2, 0.25) is 0 Å². The smallest absolute Gasteiger partial charge is 0.220 e. The first-order valence-electron chi connectivity index (χ1n) is 5.35. The molecular formula is C11H23NO. The minimum atomic E-state index is 0.193. The monoisotopic (exact) mass is 185 g/mol. The lowest BCUT2D eigenvalue weighted by Crippen LogP contribution is -2.32. The molecule has 2 nitrogen and oxygen atoms in total. The first kappa shape index (κ1) is 12.5. The van der Waals surface area contributed by atoms with Crippen LogP contribution in [0.1, 0.15) is 53.4 Å². The number of rotatable bonds is 6. The largest absolute Gasteiger partial charge is 0.354 e. The molecule has 0 rings (SSSR count). The first-order chi connectivity index (χ1) is 6.06. The normalized spacial score (nSPS) is 13.0. The van der Waals surface area contributed by atoms with Gasteiger partial charge in [0.15, 0.2) is 0 Å². The highest BCUT2D eigenvalue weighted by molar-refractivity contribution is 5.76. The Morgan fingerprint density at radius 2 is 1.85 bits per heavy atom. The third kappa shape index (κ3) is 7.82. The van der Waals surface area contributed by atoms with E-state index in [-0.39, 0.29) is 5.91 Å². The Balaban J connectivity index is 3.49. The molecule has 0 saturated carbocycles. The third-order valence-corrected chi connectivity index (χ3v) is 2.06. The van der Waals surface area contributed by atoms with E-state index in [2.05, 4.69) is 26.1 Å². The molecule has 78 valence electrons. The van der Waals surface area contributed by atoms with Gasteiger partial charge in [0.1, 0.15) is 0 Å². The van der Waals surface area contributed by atoms with E-state index in [0.717, 1.165) is 18.8 Å². The second kappa shape index (κ2) is 6.93. The molecule has 0 aromatic heterocycles. The van der Waals surface area contributed by atoms with Crippen molar-refractivity contribution in [3.63, 3.8) is 0 Å². The Labute approximate surface area is 82.1 Å². The van der Waals surface area contributed by atoms with Crippen LogP contribution in [0.3, 0.4) is 0 Å². The molecule has 0 heterocycles. The maximum absolute atomic E-state index is 11.2. The molecule has 13 heavy (non-hydrogen) atoms. The summed E-state index contributed by atoms with van der Waals surface area (Å²) in [6, 6.07) is 0.335. The zero-order chi connectivity index (χ0) is 10.3. The maximum atomic E-state index is 11.2. The van der Waals surface area contributed by atoms with Crippen LogP contribution in [-0.4, -0.2) is 11.9 Å². The molecule has 0 fully saturated rings. The summed E-state index contributed by atoms with van der Waals surface area (Å²) in [5.41, 5.74) is 0. The molecule has 0 radical (unpaired) electrons. The van der Waals surface area contributed by atoms with Crippen LogP contribution in [0.25, 0.3) is 0 Å². The average Bonchev–Trinajstić information content (AvgIpc) is 2.01. The summed E-state index contributed by atoms with van der Waals surface area (Å²) in [4.78, 5) is 11.2. The van der Waals surface area contributed by atoms with Crippen LogP contribution in [0.5, 0.6) is 0 Å². The zero-order valence-corrected chi connectivity index (χ0v) is 9.39. The van der Waals surface area contributed by atoms with Gasteiger partial charge in [-0.2, -0.15) is 0 Å². The summed E-state index contributed by atoms with van der Waals surface area (Å²) in [7, 11) is 0. The van der Waals surface area contributed by atoms with Crippen LogP contribution in [0.4, 0.5) is 0 Å². The van der Waals surface area contributed by atoms with E-state index < -0.39 is 0 Å². The molecule has 1 amide bonds. The highest BCUT2D eigenvalue weighted by atomic mass is 16.1. The van der Waals surface area contributed by atoms with E-state index >= 15 is 0 Å². The lowest BCUT2D eigenvalue weighted by molar-refractivity contribution is -0.121. The standard InChI is InChI=1S/C11H23NO/c1-5-6-11(13)12-10(4)8-7-9(2)3/h9-10H,5-8H2,1-4H3,(H,12,13). The second-order valence-corrected chi connectivity index (χ2v) is 4.19. The van der Waals surface area contributed by atoms with Gasteiger partial charge >= 0.3 is 0 Å². The Morgan fingerprint density at radius 3 is 2.31 bits per heavy atom. The summed E-state index contributed by atoms with van der Waals surface area (Å²) in [6.45, 7) is 8.52. The van der Waals surface area contributed by atoms with Gasteiger partial charge in [0.05, 0.1) is 0 Å². The number of hydrogen-bond donors (Lipinski definition) is 1. The fraction of sp³-hybridized carbons (Fsp3) is 0.909. The van der Waals surface area contributed by atoms with E-state index in [0.29, 0.717) is 12.5 Å². The molecule has 0 bridgehead atoms.